The first-order valence-corrected chi connectivity index (χ1v) is 6.48. The molecule has 1 N–H and O–H groups in total. The van der Waals surface area contributed by atoms with Gasteiger partial charge in [0.25, 0.3) is 0 Å². The zero-order valence-corrected chi connectivity index (χ0v) is 11.0. The first-order chi connectivity index (χ1) is 6.29. The van der Waals surface area contributed by atoms with Gasteiger partial charge in [0.1, 0.15) is 0 Å². The van der Waals surface area contributed by atoms with Crippen LogP contribution in [-0.2, 0) is 4.79 Å². The van der Waals surface area contributed by atoms with Gasteiger partial charge in [-0.1, -0.05) is 34.6 Å². The Hall–Kier alpha value is -0.180. The van der Waals surface area contributed by atoms with Crippen LogP contribution in [0, 0.1) is 11.3 Å². The summed E-state index contributed by atoms with van der Waals surface area (Å²) in [4.78, 5) is 11.7. The van der Waals surface area contributed by atoms with E-state index in [4.69, 9.17) is 0 Å². The lowest BCUT2D eigenvalue weighted by atomic mass is 9.94. The van der Waals surface area contributed by atoms with Gasteiger partial charge in [-0.2, -0.15) is 11.8 Å². The smallest absolute Gasteiger partial charge is 0.225 e. The average Bonchev–Trinajstić information content (AvgIpc) is 2.01. The molecule has 0 fully saturated rings. The highest BCUT2D eigenvalue weighted by molar-refractivity contribution is 7.98. The lowest BCUT2D eigenvalue weighted by Gasteiger charge is -2.26. The first kappa shape index (κ1) is 13.8. The molecule has 1 atom stereocenters. The Morgan fingerprint density at radius 3 is 2.14 bits per heavy atom. The molecule has 0 spiro atoms. The Balaban J connectivity index is 4.24. The van der Waals surface area contributed by atoms with Crippen LogP contribution in [0.5, 0.6) is 0 Å². The maximum absolute atomic E-state index is 11.7. The third kappa shape index (κ3) is 4.89. The molecule has 3 heteroatoms. The molecule has 0 rings (SSSR count). The molecule has 0 radical (unpaired) electrons. The zero-order valence-electron chi connectivity index (χ0n) is 10.2. The number of amides is 1. The van der Waals surface area contributed by atoms with Crippen molar-refractivity contribution in [2.24, 2.45) is 11.3 Å². The second kappa shape index (κ2) is 5.64. The Bertz CT molecular complexity index is 184. The van der Waals surface area contributed by atoms with Crippen LogP contribution in [0.15, 0.2) is 0 Å². The lowest BCUT2D eigenvalue weighted by molar-refractivity contribution is -0.129. The summed E-state index contributed by atoms with van der Waals surface area (Å²) in [5.41, 5.74) is -0.286. The van der Waals surface area contributed by atoms with E-state index in [0.29, 0.717) is 5.92 Å². The SMILES string of the molecule is CSCC(NC(=O)C(C)(C)C)C(C)C. The number of nitrogens with one attached hydrogen (secondary N) is 1. The molecule has 84 valence electrons. The summed E-state index contributed by atoms with van der Waals surface area (Å²) in [6, 6.07) is 0.289. The van der Waals surface area contributed by atoms with Crippen LogP contribution in [0.4, 0.5) is 0 Å². The van der Waals surface area contributed by atoms with Gasteiger partial charge in [-0.15, -0.1) is 0 Å². The molecule has 0 saturated heterocycles. The van der Waals surface area contributed by atoms with Crippen LogP contribution < -0.4 is 5.32 Å². The van der Waals surface area contributed by atoms with Crippen LogP contribution in [0.2, 0.25) is 0 Å². The topological polar surface area (TPSA) is 29.1 Å². The molecule has 0 aromatic heterocycles. The molecule has 0 aliphatic carbocycles. The van der Waals surface area contributed by atoms with Crippen molar-refractivity contribution in [3.05, 3.63) is 0 Å². The van der Waals surface area contributed by atoms with Gasteiger partial charge in [0.15, 0.2) is 0 Å². The Labute approximate surface area is 92.2 Å². The van der Waals surface area contributed by atoms with Crippen LogP contribution in [-0.4, -0.2) is 24.0 Å². The largest absolute Gasteiger partial charge is 0.352 e. The number of hydrogen-bond acceptors (Lipinski definition) is 2. The van der Waals surface area contributed by atoms with E-state index in [-0.39, 0.29) is 17.4 Å². The highest BCUT2D eigenvalue weighted by atomic mass is 32.2. The fourth-order valence-electron chi connectivity index (χ4n) is 0.965. The zero-order chi connectivity index (χ0) is 11.4. The average molecular weight is 217 g/mol. The summed E-state index contributed by atoms with van der Waals surface area (Å²) < 4.78 is 0. The van der Waals surface area contributed by atoms with Gasteiger partial charge < -0.3 is 5.32 Å². The molecule has 0 aromatic rings. The number of hydrogen-bond donors (Lipinski definition) is 1. The van der Waals surface area contributed by atoms with Gasteiger partial charge in [0.2, 0.25) is 5.91 Å². The van der Waals surface area contributed by atoms with Crippen molar-refractivity contribution in [1.82, 2.24) is 5.32 Å². The third-order valence-corrected chi connectivity index (χ3v) is 2.84. The monoisotopic (exact) mass is 217 g/mol. The minimum atomic E-state index is -0.286. The van der Waals surface area contributed by atoms with Gasteiger partial charge in [-0.25, -0.2) is 0 Å². The minimum Gasteiger partial charge on any atom is -0.352 e. The van der Waals surface area contributed by atoms with Crippen LogP contribution in [0.3, 0.4) is 0 Å². The molecule has 2 nitrogen and oxygen atoms in total. The fraction of sp³-hybridized carbons (Fsp3) is 0.909. The molecule has 0 saturated carbocycles. The molecule has 0 heterocycles. The van der Waals surface area contributed by atoms with Crippen molar-refractivity contribution in [2.75, 3.05) is 12.0 Å². The van der Waals surface area contributed by atoms with Gasteiger partial charge in [-0.05, 0) is 12.2 Å². The van der Waals surface area contributed by atoms with Crippen molar-refractivity contribution in [3.63, 3.8) is 0 Å². The van der Waals surface area contributed by atoms with E-state index in [1.807, 2.05) is 20.8 Å². The predicted molar refractivity (Wildman–Crippen MR) is 64.6 cm³/mol. The van der Waals surface area contributed by atoms with Crippen molar-refractivity contribution in [1.29, 1.82) is 0 Å². The second-order valence-corrected chi connectivity index (χ2v) is 5.94. The summed E-state index contributed by atoms with van der Waals surface area (Å²) in [5, 5.41) is 3.10. The summed E-state index contributed by atoms with van der Waals surface area (Å²) in [7, 11) is 0. The van der Waals surface area contributed by atoms with E-state index < -0.39 is 0 Å². The maximum atomic E-state index is 11.7. The standard InChI is InChI=1S/C11H23NOS/c1-8(2)9(7-14-6)12-10(13)11(3,4)5/h8-9H,7H2,1-6H3,(H,12,13). The van der Waals surface area contributed by atoms with Crippen molar-refractivity contribution in [3.8, 4) is 0 Å². The summed E-state index contributed by atoms with van der Waals surface area (Å²) in [5.74, 6) is 1.62. The maximum Gasteiger partial charge on any atom is 0.225 e. The fourth-order valence-corrected chi connectivity index (χ4v) is 1.79. The van der Waals surface area contributed by atoms with Crippen LogP contribution in [0.25, 0.3) is 0 Å². The van der Waals surface area contributed by atoms with E-state index >= 15 is 0 Å². The van der Waals surface area contributed by atoms with E-state index in [9.17, 15) is 4.79 Å². The predicted octanol–water partition coefficient (Wildman–Crippen LogP) is 2.54. The molecule has 0 bridgehead atoms. The van der Waals surface area contributed by atoms with Crippen molar-refractivity contribution >= 4 is 17.7 Å². The van der Waals surface area contributed by atoms with E-state index in [1.54, 1.807) is 11.8 Å². The van der Waals surface area contributed by atoms with Gasteiger partial charge in [0.05, 0.1) is 0 Å². The Morgan fingerprint density at radius 2 is 1.86 bits per heavy atom. The quantitative estimate of drug-likeness (QED) is 0.784. The lowest BCUT2D eigenvalue weighted by Crippen LogP contribution is -2.45. The van der Waals surface area contributed by atoms with Crippen molar-refractivity contribution < 1.29 is 4.79 Å². The normalized spacial score (nSPS) is 14.2. The summed E-state index contributed by atoms with van der Waals surface area (Å²) in [6.07, 6.45) is 2.07. The molecular formula is C11H23NOS. The Kier molecular flexibility index (Phi) is 5.57. The van der Waals surface area contributed by atoms with Gasteiger partial charge in [-0.3, -0.25) is 4.79 Å². The minimum absolute atomic E-state index is 0.144. The molecular weight excluding hydrogens is 194 g/mol. The molecule has 1 unspecified atom stereocenters. The van der Waals surface area contributed by atoms with Crippen molar-refractivity contribution in [2.45, 2.75) is 40.7 Å². The highest BCUT2D eigenvalue weighted by Crippen LogP contribution is 2.15. The van der Waals surface area contributed by atoms with Gasteiger partial charge in [0, 0.05) is 17.2 Å². The summed E-state index contributed by atoms with van der Waals surface area (Å²) in [6.45, 7) is 10.1. The number of carbonyl (C=O) groups is 1. The van der Waals surface area contributed by atoms with Crippen LogP contribution >= 0.6 is 11.8 Å². The van der Waals surface area contributed by atoms with Gasteiger partial charge >= 0.3 is 0 Å². The summed E-state index contributed by atoms with van der Waals surface area (Å²) >= 11 is 1.78. The molecule has 1 amide bonds. The molecule has 0 aromatic carbocycles. The van der Waals surface area contributed by atoms with Crippen LogP contribution in [0.1, 0.15) is 34.6 Å². The number of rotatable bonds is 4. The molecule has 0 aliphatic heterocycles. The van der Waals surface area contributed by atoms with E-state index in [2.05, 4.69) is 25.4 Å². The first-order valence-electron chi connectivity index (χ1n) is 5.09. The van der Waals surface area contributed by atoms with E-state index in [1.165, 1.54) is 0 Å². The number of carbonyl (C=O) groups excluding carboxylic acids is 1. The third-order valence-electron chi connectivity index (χ3n) is 2.15. The molecule has 0 aliphatic rings. The Morgan fingerprint density at radius 1 is 1.36 bits per heavy atom. The molecule has 14 heavy (non-hydrogen) atoms. The van der Waals surface area contributed by atoms with E-state index in [0.717, 1.165) is 5.75 Å². The second-order valence-electron chi connectivity index (χ2n) is 5.03. The number of thioether (sulfide) groups is 1. The highest BCUT2D eigenvalue weighted by Gasteiger charge is 2.24.